The smallest absolute Gasteiger partial charge is 0.0488 e. The molecule has 1 N–H and O–H groups in total. The fourth-order valence-electron chi connectivity index (χ4n) is 2.57. The number of nitrogens with one attached hydrogen (secondary N) is 1. The molecule has 0 aromatic heterocycles. The molecule has 3 heteroatoms. The van der Waals surface area contributed by atoms with Crippen LogP contribution in [-0.2, 0) is 19.4 Å². The number of hydrogen-bond donors (Lipinski definition) is 1. The average molecular weight is 381 g/mol. The summed E-state index contributed by atoms with van der Waals surface area (Å²) in [6, 6.07) is 13.1. The fraction of sp³-hybridized carbons (Fsp3) is 0.250. The normalized spacial score (nSPS) is 13.4. The van der Waals surface area contributed by atoms with Crippen molar-refractivity contribution in [3.05, 3.63) is 62.0 Å². The Kier molecular flexibility index (Phi) is 3.94. The van der Waals surface area contributed by atoms with Crippen molar-refractivity contribution in [2.24, 2.45) is 0 Å². The van der Waals surface area contributed by atoms with Crippen LogP contribution in [0.15, 0.2) is 45.3 Å². The predicted molar refractivity (Wildman–Crippen MR) is 87.6 cm³/mol. The summed E-state index contributed by atoms with van der Waals surface area (Å²) in [6.45, 7) is 0.869. The molecule has 2 aromatic carbocycles. The van der Waals surface area contributed by atoms with Crippen molar-refractivity contribution in [3.63, 3.8) is 0 Å². The summed E-state index contributed by atoms with van der Waals surface area (Å²) in [5.41, 5.74) is 5.56. The quantitative estimate of drug-likeness (QED) is 0.760. The van der Waals surface area contributed by atoms with E-state index < -0.39 is 0 Å². The van der Waals surface area contributed by atoms with Gasteiger partial charge in [-0.15, -0.1) is 0 Å². The summed E-state index contributed by atoms with van der Waals surface area (Å²) in [7, 11) is 0. The zero-order valence-corrected chi connectivity index (χ0v) is 13.7. The maximum Gasteiger partial charge on any atom is 0.0488 e. The SMILES string of the molecule is Brc1ccc(NCc2ccc3c(c2)CCC3)c(Br)c1. The summed E-state index contributed by atoms with van der Waals surface area (Å²) in [5, 5.41) is 3.48. The summed E-state index contributed by atoms with van der Waals surface area (Å²) < 4.78 is 2.17. The van der Waals surface area contributed by atoms with Crippen molar-refractivity contribution in [1.29, 1.82) is 0 Å². The van der Waals surface area contributed by atoms with E-state index in [1.807, 2.05) is 0 Å². The Morgan fingerprint density at radius 3 is 2.63 bits per heavy atom. The van der Waals surface area contributed by atoms with Crippen molar-refractivity contribution in [2.75, 3.05) is 5.32 Å². The van der Waals surface area contributed by atoms with Crippen LogP contribution in [0.2, 0.25) is 0 Å². The monoisotopic (exact) mass is 379 g/mol. The summed E-state index contributed by atoms with van der Waals surface area (Å²) >= 11 is 7.05. The standard InChI is InChI=1S/C16H15Br2N/c17-14-6-7-16(15(18)9-14)19-10-11-4-5-12-2-1-3-13(12)8-11/h4-9,19H,1-3,10H2. The molecular formula is C16H15Br2N. The van der Waals surface area contributed by atoms with Crippen molar-refractivity contribution >= 4 is 37.5 Å². The second-order valence-electron chi connectivity index (χ2n) is 4.93. The third-order valence-electron chi connectivity index (χ3n) is 3.58. The van der Waals surface area contributed by atoms with Crippen molar-refractivity contribution in [2.45, 2.75) is 25.8 Å². The van der Waals surface area contributed by atoms with Gasteiger partial charge in [-0.3, -0.25) is 0 Å². The Balaban J connectivity index is 1.72. The van der Waals surface area contributed by atoms with E-state index >= 15 is 0 Å². The summed E-state index contributed by atoms with van der Waals surface area (Å²) in [5.74, 6) is 0. The molecule has 2 aromatic rings. The van der Waals surface area contributed by atoms with Crippen LogP contribution in [0.5, 0.6) is 0 Å². The van der Waals surface area contributed by atoms with Gasteiger partial charge >= 0.3 is 0 Å². The Morgan fingerprint density at radius 1 is 0.947 bits per heavy atom. The highest BCUT2D eigenvalue weighted by molar-refractivity contribution is 9.11. The van der Waals surface area contributed by atoms with Crippen molar-refractivity contribution in [3.8, 4) is 0 Å². The highest BCUT2D eigenvalue weighted by atomic mass is 79.9. The molecular weight excluding hydrogens is 366 g/mol. The van der Waals surface area contributed by atoms with Gasteiger partial charge in [0.15, 0.2) is 0 Å². The molecule has 0 heterocycles. The molecule has 1 nitrogen and oxygen atoms in total. The number of aryl methyl sites for hydroxylation is 2. The number of fused-ring (bicyclic) bond motifs is 1. The first-order valence-electron chi connectivity index (χ1n) is 6.52. The second-order valence-corrected chi connectivity index (χ2v) is 6.70. The minimum absolute atomic E-state index is 0.869. The van der Waals surface area contributed by atoms with E-state index in [1.165, 1.54) is 36.0 Å². The van der Waals surface area contributed by atoms with Crippen LogP contribution in [0.1, 0.15) is 23.1 Å². The van der Waals surface area contributed by atoms with Gasteiger partial charge in [-0.05, 0) is 70.1 Å². The Bertz CT molecular complexity index is 608. The largest absolute Gasteiger partial charge is 0.380 e. The first-order chi connectivity index (χ1) is 9.22. The third kappa shape index (κ3) is 3.03. The number of halogens is 2. The molecule has 1 aliphatic carbocycles. The lowest BCUT2D eigenvalue weighted by Gasteiger charge is -2.10. The van der Waals surface area contributed by atoms with E-state index in [2.05, 4.69) is 73.6 Å². The fourth-order valence-corrected chi connectivity index (χ4v) is 3.75. The minimum Gasteiger partial charge on any atom is -0.380 e. The van der Waals surface area contributed by atoms with Crippen LogP contribution < -0.4 is 5.32 Å². The molecule has 0 fully saturated rings. The maximum absolute atomic E-state index is 3.58. The van der Waals surface area contributed by atoms with Crippen LogP contribution >= 0.6 is 31.9 Å². The van der Waals surface area contributed by atoms with E-state index in [-0.39, 0.29) is 0 Å². The van der Waals surface area contributed by atoms with Gasteiger partial charge in [-0.2, -0.15) is 0 Å². The molecule has 98 valence electrons. The van der Waals surface area contributed by atoms with Gasteiger partial charge < -0.3 is 5.32 Å². The number of anilines is 1. The summed E-state index contributed by atoms with van der Waals surface area (Å²) in [6.07, 6.45) is 3.80. The molecule has 0 spiro atoms. The van der Waals surface area contributed by atoms with Gasteiger partial charge in [-0.25, -0.2) is 0 Å². The molecule has 0 atom stereocenters. The van der Waals surface area contributed by atoms with Gasteiger partial charge in [-0.1, -0.05) is 34.1 Å². The van der Waals surface area contributed by atoms with E-state index in [4.69, 9.17) is 0 Å². The first kappa shape index (κ1) is 13.2. The highest BCUT2D eigenvalue weighted by Crippen LogP contribution is 2.27. The number of benzene rings is 2. The topological polar surface area (TPSA) is 12.0 Å². The number of hydrogen-bond acceptors (Lipinski definition) is 1. The zero-order valence-electron chi connectivity index (χ0n) is 10.5. The molecule has 19 heavy (non-hydrogen) atoms. The van der Waals surface area contributed by atoms with Crippen LogP contribution in [-0.4, -0.2) is 0 Å². The molecule has 0 bridgehead atoms. The van der Waals surface area contributed by atoms with Crippen LogP contribution in [0.25, 0.3) is 0 Å². The van der Waals surface area contributed by atoms with Crippen molar-refractivity contribution in [1.82, 2.24) is 0 Å². The van der Waals surface area contributed by atoms with E-state index in [9.17, 15) is 0 Å². The van der Waals surface area contributed by atoms with Gasteiger partial charge in [0.1, 0.15) is 0 Å². The van der Waals surface area contributed by atoms with Crippen LogP contribution in [0.3, 0.4) is 0 Å². The van der Waals surface area contributed by atoms with E-state index in [1.54, 1.807) is 0 Å². The maximum atomic E-state index is 3.58. The van der Waals surface area contributed by atoms with Crippen LogP contribution in [0, 0.1) is 0 Å². The lowest BCUT2D eigenvalue weighted by molar-refractivity contribution is 0.911. The third-order valence-corrected chi connectivity index (χ3v) is 4.73. The number of rotatable bonds is 3. The van der Waals surface area contributed by atoms with Gasteiger partial charge in [0.05, 0.1) is 0 Å². The molecule has 3 rings (SSSR count). The summed E-state index contributed by atoms with van der Waals surface area (Å²) in [4.78, 5) is 0. The molecule has 0 saturated carbocycles. The molecule has 0 amide bonds. The zero-order chi connectivity index (χ0) is 13.2. The minimum atomic E-state index is 0.869. The van der Waals surface area contributed by atoms with Gasteiger partial charge in [0, 0.05) is 21.2 Å². The molecule has 1 aliphatic rings. The van der Waals surface area contributed by atoms with Gasteiger partial charge in [0.2, 0.25) is 0 Å². The van der Waals surface area contributed by atoms with Gasteiger partial charge in [0.25, 0.3) is 0 Å². The van der Waals surface area contributed by atoms with Crippen LogP contribution in [0.4, 0.5) is 5.69 Å². The van der Waals surface area contributed by atoms with Crippen molar-refractivity contribution < 1.29 is 0 Å². The molecule has 0 radical (unpaired) electrons. The lowest BCUT2D eigenvalue weighted by atomic mass is 10.1. The molecule has 0 saturated heterocycles. The average Bonchev–Trinajstić information content (AvgIpc) is 2.85. The molecule has 0 unspecified atom stereocenters. The van der Waals surface area contributed by atoms with E-state index in [0.29, 0.717) is 0 Å². The first-order valence-corrected chi connectivity index (χ1v) is 8.10. The molecule has 0 aliphatic heterocycles. The Morgan fingerprint density at radius 2 is 1.79 bits per heavy atom. The lowest BCUT2D eigenvalue weighted by Crippen LogP contribution is -2.00. The second kappa shape index (κ2) is 5.68. The highest BCUT2D eigenvalue weighted by Gasteiger charge is 2.10. The van der Waals surface area contributed by atoms with E-state index in [0.717, 1.165) is 21.2 Å². The predicted octanol–water partition coefficient (Wildman–Crippen LogP) is 5.31. The Labute approximate surface area is 130 Å². The Hall–Kier alpha value is -0.800.